The van der Waals surface area contributed by atoms with Crippen molar-refractivity contribution in [3.8, 4) is 11.4 Å². The number of hydrogen-bond donors (Lipinski definition) is 1. The Bertz CT molecular complexity index is 559. The zero-order valence-corrected chi connectivity index (χ0v) is 12.6. The number of anilines is 1. The predicted molar refractivity (Wildman–Crippen MR) is 76.8 cm³/mol. The first-order chi connectivity index (χ1) is 7.99. The fourth-order valence-corrected chi connectivity index (χ4v) is 2.01. The molecule has 0 saturated heterocycles. The number of aryl methyl sites for hydroxylation is 2. The number of rotatable bonds is 1. The molecule has 88 valence electrons. The third-order valence-electron chi connectivity index (χ3n) is 2.47. The lowest BCUT2D eigenvalue weighted by atomic mass is 10.1. The van der Waals surface area contributed by atoms with E-state index in [0.717, 1.165) is 21.2 Å². The summed E-state index contributed by atoms with van der Waals surface area (Å²) in [7, 11) is 0. The topological polar surface area (TPSA) is 51.8 Å². The molecular weight excluding hydrogens is 346 g/mol. The Morgan fingerprint density at radius 3 is 2.24 bits per heavy atom. The lowest BCUT2D eigenvalue weighted by Crippen LogP contribution is -1.97. The van der Waals surface area contributed by atoms with Crippen molar-refractivity contribution in [2.45, 2.75) is 13.8 Å². The molecule has 0 spiro atoms. The van der Waals surface area contributed by atoms with Gasteiger partial charge in [-0.2, -0.15) is 0 Å². The monoisotopic (exact) mass is 355 g/mol. The van der Waals surface area contributed by atoms with Gasteiger partial charge in [0.1, 0.15) is 5.82 Å². The van der Waals surface area contributed by atoms with E-state index in [9.17, 15) is 0 Å². The van der Waals surface area contributed by atoms with Crippen LogP contribution >= 0.6 is 31.9 Å². The quantitative estimate of drug-likeness (QED) is 0.843. The number of nitrogens with two attached hydrogens (primary N) is 1. The van der Waals surface area contributed by atoms with Crippen LogP contribution in [0.1, 0.15) is 11.1 Å². The van der Waals surface area contributed by atoms with E-state index in [-0.39, 0.29) is 0 Å². The lowest BCUT2D eigenvalue weighted by Gasteiger charge is -2.07. The molecule has 1 aromatic carbocycles. The smallest absolute Gasteiger partial charge is 0.161 e. The molecule has 2 aromatic rings. The van der Waals surface area contributed by atoms with Crippen LogP contribution in [0.4, 0.5) is 5.82 Å². The van der Waals surface area contributed by atoms with Crippen molar-refractivity contribution in [3.63, 3.8) is 0 Å². The number of hydrogen-bond acceptors (Lipinski definition) is 3. The minimum absolute atomic E-state index is 0.452. The Kier molecular flexibility index (Phi) is 3.49. The van der Waals surface area contributed by atoms with Crippen LogP contribution in [0.2, 0.25) is 0 Å². The number of nitrogen functional groups attached to an aromatic ring is 1. The molecule has 5 heteroatoms. The van der Waals surface area contributed by atoms with E-state index >= 15 is 0 Å². The van der Waals surface area contributed by atoms with Gasteiger partial charge in [-0.1, -0.05) is 15.9 Å². The number of nitrogens with zero attached hydrogens (tertiary/aromatic N) is 2. The third kappa shape index (κ3) is 2.50. The van der Waals surface area contributed by atoms with Crippen LogP contribution in [-0.4, -0.2) is 9.97 Å². The molecule has 0 aliphatic heterocycles. The van der Waals surface area contributed by atoms with E-state index in [1.54, 1.807) is 6.20 Å². The fourth-order valence-electron chi connectivity index (χ4n) is 1.59. The maximum atomic E-state index is 5.76. The summed E-state index contributed by atoms with van der Waals surface area (Å²) >= 11 is 6.82. The molecule has 2 N–H and O–H groups in total. The van der Waals surface area contributed by atoms with Gasteiger partial charge < -0.3 is 5.73 Å². The highest BCUT2D eigenvalue weighted by molar-refractivity contribution is 9.11. The molecule has 0 amide bonds. The van der Waals surface area contributed by atoms with Crippen molar-refractivity contribution in [3.05, 3.63) is 38.4 Å². The van der Waals surface area contributed by atoms with E-state index in [0.29, 0.717) is 16.1 Å². The molecule has 0 aliphatic carbocycles. The normalized spacial score (nSPS) is 10.6. The summed E-state index contributed by atoms with van der Waals surface area (Å²) in [6, 6.07) is 4.08. The van der Waals surface area contributed by atoms with Crippen molar-refractivity contribution in [2.24, 2.45) is 0 Å². The van der Waals surface area contributed by atoms with Crippen molar-refractivity contribution in [1.29, 1.82) is 0 Å². The van der Waals surface area contributed by atoms with Crippen molar-refractivity contribution < 1.29 is 0 Å². The second-order valence-electron chi connectivity index (χ2n) is 3.85. The fraction of sp³-hybridized carbons (Fsp3) is 0.167. The van der Waals surface area contributed by atoms with Gasteiger partial charge in [-0.05, 0) is 53.0 Å². The molecule has 17 heavy (non-hydrogen) atoms. The minimum Gasteiger partial charge on any atom is -0.383 e. The molecule has 0 bridgehead atoms. The number of benzene rings is 1. The summed E-state index contributed by atoms with van der Waals surface area (Å²) in [6.45, 7) is 4.09. The van der Waals surface area contributed by atoms with Crippen LogP contribution in [0.5, 0.6) is 0 Å². The SMILES string of the molecule is Cc1cc(-c2ncc(Br)c(N)n2)cc(C)c1Br. The Balaban J connectivity index is 2.57. The van der Waals surface area contributed by atoms with E-state index < -0.39 is 0 Å². The van der Waals surface area contributed by atoms with Crippen LogP contribution in [0.15, 0.2) is 27.3 Å². The Hall–Kier alpha value is -0.940. The number of halogens is 2. The van der Waals surface area contributed by atoms with Crippen molar-refractivity contribution in [1.82, 2.24) is 9.97 Å². The van der Waals surface area contributed by atoms with Gasteiger partial charge in [-0.25, -0.2) is 9.97 Å². The van der Waals surface area contributed by atoms with Crippen LogP contribution < -0.4 is 5.73 Å². The molecule has 3 nitrogen and oxygen atoms in total. The van der Waals surface area contributed by atoms with Crippen molar-refractivity contribution >= 4 is 37.7 Å². The highest BCUT2D eigenvalue weighted by Gasteiger charge is 2.08. The molecular formula is C12H11Br2N3. The minimum atomic E-state index is 0.452. The summed E-state index contributed by atoms with van der Waals surface area (Å²) in [5.41, 5.74) is 9.05. The van der Waals surface area contributed by atoms with Gasteiger partial charge in [-0.15, -0.1) is 0 Å². The van der Waals surface area contributed by atoms with Gasteiger partial charge in [0, 0.05) is 16.2 Å². The van der Waals surface area contributed by atoms with Crippen LogP contribution in [0.3, 0.4) is 0 Å². The Labute approximate surface area is 117 Å². The van der Waals surface area contributed by atoms with E-state index in [4.69, 9.17) is 5.73 Å². The molecule has 0 atom stereocenters. The zero-order chi connectivity index (χ0) is 12.6. The molecule has 0 aliphatic rings. The third-order valence-corrected chi connectivity index (χ3v) is 4.33. The second-order valence-corrected chi connectivity index (χ2v) is 5.50. The summed E-state index contributed by atoms with van der Waals surface area (Å²) in [5.74, 6) is 1.10. The van der Waals surface area contributed by atoms with Gasteiger partial charge in [0.2, 0.25) is 0 Å². The maximum absolute atomic E-state index is 5.76. The number of aromatic nitrogens is 2. The largest absolute Gasteiger partial charge is 0.383 e. The van der Waals surface area contributed by atoms with Gasteiger partial charge in [0.05, 0.1) is 4.47 Å². The highest BCUT2D eigenvalue weighted by Crippen LogP contribution is 2.28. The molecule has 1 aromatic heterocycles. The van der Waals surface area contributed by atoms with Crippen LogP contribution in [-0.2, 0) is 0 Å². The Morgan fingerprint density at radius 1 is 1.12 bits per heavy atom. The summed E-state index contributed by atoms with van der Waals surface area (Å²) < 4.78 is 1.83. The lowest BCUT2D eigenvalue weighted by molar-refractivity contribution is 1.16. The standard InChI is InChI=1S/C12H11Br2N3/c1-6-3-8(4-7(2)10(6)14)12-16-5-9(13)11(15)17-12/h3-5H,1-2H3,(H2,15,16,17). The Morgan fingerprint density at radius 2 is 1.71 bits per heavy atom. The van der Waals surface area contributed by atoms with Gasteiger partial charge in [0.15, 0.2) is 5.82 Å². The first-order valence-electron chi connectivity index (χ1n) is 5.04. The van der Waals surface area contributed by atoms with Gasteiger partial charge >= 0.3 is 0 Å². The zero-order valence-electron chi connectivity index (χ0n) is 9.46. The first kappa shape index (κ1) is 12.5. The van der Waals surface area contributed by atoms with Gasteiger partial charge in [0.25, 0.3) is 0 Å². The van der Waals surface area contributed by atoms with Crippen LogP contribution in [0, 0.1) is 13.8 Å². The van der Waals surface area contributed by atoms with E-state index in [1.807, 2.05) is 26.0 Å². The van der Waals surface area contributed by atoms with Crippen molar-refractivity contribution in [2.75, 3.05) is 5.73 Å². The second kappa shape index (κ2) is 4.74. The van der Waals surface area contributed by atoms with E-state index in [2.05, 4.69) is 41.8 Å². The molecule has 0 unspecified atom stereocenters. The molecule has 0 fully saturated rings. The molecule has 0 saturated carbocycles. The van der Waals surface area contributed by atoms with Gasteiger partial charge in [-0.3, -0.25) is 0 Å². The molecule has 1 heterocycles. The predicted octanol–water partition coefficient (Wildman–Crippen LogP) is 3.87. The highest BCUT2D eigenvalue weighted by atomic mass is 79.9. The summed E-state index contributed by atoms with van der Waals surface area (Å²) in [4.78, 5) is 8.53. The molecule has 0 radical (unpaired) electrons. The average Bonchev–Trinajstić information content (AvgIpc) is 2.29. The van der Waals surface area contributed by atoms with E-state index in [1.165, 1.54) is 0 Å². The first-order valence-corrected chi connectivity index (χ1v) is 6.63. The average molecular weight is 357 g/mol. The summed E-state index contributed by atoms with van der Waals surface area (Å²) in [5, 5.41) is 0. The molecule has 2 rings (SSSR count). The van der Waals surface area contributed by atoms with Crippen LogP contribution in [0.25, 0.3) is 11.4 Å². The maximum Gasteiger partial charge on any atom is 0.161 e. The summed E-state index contributed by atoms with van der Waals surface area (Å²) in [6.07, 6.45) is 1.67.